The first-order valence-electron chi connectivity index (χ1n) is 7.67. The quantitative estimate of drug-likeness (QED) is 0.755. The lowest BCUT2D eigenvalue weighted by Crippen LogP contribution is -2.26. The molecule has 0 radical (unpaired) electrons. The minimum Gasteiger partial charge on any atom is -0.352 e. The Morgan fingerprint density at radius 3 is 2.67 bits per heavy atom. The second-order valence-corrected chi connectivity index (χ2v) is 6.35. The van der Waals surface area contributed by atoms with Crippen molar-refractivity contribution in [3.05, 3.63) is 76.5 Å². The highest BCUT2D eigenvalue weighted by molar-refractivity contribution is 7.13. The van der Waals surface area contributed by atoms with Crippen molar-refractivity contribution in [1.29, 1.82) is 0 Å². The largest absolute Gasteiger partial charge is 0.352 e. The molecule has 3 nitrogen and oxygen atoms in total. The summed E-state index contributed by atoms with van der Waals surface area (Å²) in [6.45, 7) is 2.47. The summed E-state index contributed by atoms with van der Waals surface area (Å²) in [7, 11) is 0. The van der Waals surface area contributed by atoms with Crippen LogP contribution >= 0.6 is 11.3 Å². The second-order valence-electron chi connectivity index (χ2n) is 5.50. The highest BCUT2D eigenvalue weighted by Gasteiger charge is 2.10. The molecule has 1 aromatic heterocycles. The fourth-order valence-corrected chi connectivity index (χ4v) is 3.16. The van der Waals surface area contributed by atoms with E-state index >= 15 is 0 Å². The van der Waals surface area contributed by atoms with Gasteiger partial charge in [0.2, 0.25) is 0 Å². The number of nitrogens with one attached hydrogen (secondary N) is 1. The van der Waals surface area contributed by atoms with Crippen LogP contribution in [0.2, 0.25) is 0 Å². The number of nitrogens with zero attached hydrogens (tertiary/aromatic N) is 1. The van der Waals surface area contributed by atoms with Crippen molar-refractivity contribution in [2.45, 2.75) is 13.3 Å². The SMILES string of the molecule is Cc1ccc(-c2nc(CCNC(=O)c3ccccc3F)cs2)cc1. The molecule has 2 aromatic carbocycles. The monoisotopic (exact) mass is 340 g/mol. The molecule has 0 unspecified atom stereocenters. The summed E-state index contributed by atoms with van der Waals surface area (Å²) in [5.41, 5.74) is 3.29. The van der Waals surface area contributed by atoms with E-state index in [1.54, 1.807) is 23.5 Å². The van der Waals surface area contributed by atoms with Crippen molar-refractivity contribution in [1.82, 2.24) is 10.3 Å². The molecule has 0 fully saturated rings. The third-order valence-electron chi connectivity index (χ3n) is 3.64. The maximum absolute atomic E-state index is 13.5. The van der Waals surface area contributed by atoms with Gasteiger partial charge in [0.1, 0.15) is 10.8 Å². The molecule has 0 atom stereocenters. The maximum atomic E-state index is 13.5. The molecular formula is C19H17FN2OS. The van der Waals surface area contributed by atoms with Crippen LogP contribution in [0.15, 0.2) is 53.9 Å². The Morgan fingerprint density at radius 1 is 1.17 bits per heavy atom. The normalized spacial score (nSPS) is 10.6. The van der Waals surface area contributed by atoms with E-state index in [0.29, 0.717) is 13.0 Å². The van der Waals surface area contributed by atoms with Gasteiger partial charge in [-0.2, -0.15) is 0 Å². The average molecular weight is 340 g/mol. The molecule has 1 heterocycles. The fraction of sp³-hybridized carbons (Fsp3) is 0.158. The number of thiazole rings is 1. The third kappa shape index (κ3) is 3.86. The first kappa shape index (κ1) is 16.3. The number of hydrogen-bond acceptors (Lipinski definition) is 3. The Hall–Kier alpha value is -2.53. The molecule has 0 bridgehead atoms. The van der Waals surface area contributed by atoms with Gasteiger partial charge in [0.05, 0.1) is 11.3 Å². The van der Waals surface area contributed by atoms with Gasteiger partial charge < -0.3 is 5.32 Å². The molecule has 0 saturated carbocycles. The zero-order valence-electron chi connectivity index (χ0n) is 13.3. The van der Waals surface area contributed by atoms with Gasteiger partial charge in [-0.05, 0) is 19.1 Å². The number of amides is 1. The molecular weight excluding hydrogens is 323 g/mol. The summed E-state index contributed by atoms with van der Waals surface area (Å²) in [5.74, 6) is -0.910. The van der Waals surface area contributed by atoms with Crippen LogP contribution in [-0.4, -0.2) is 17.4 Å². The van der Waals surface area contributed by atoms with Crippen molar-refractivity contribution in [2.24, 2.45) is 0 Å². The molecule has 0 spiro atoms. The minimum atomic E-state index is -0.509. The van der Waals surface area contributed by atoms with E-state index in [-0.39, 0.29) is 5.56 Å². The van der Waals surface area contributed by atoms with Gasteiger partial charge >= 0.3 is 0 Å². The first-order chi connectivity index (χ1) is 11.6. The summed E-state index contributed by atoms with van der Waals surface area (Å²) in [6, 6.07) is 14.2. The number of carbonyl (C=O) groups is 1. The Labute approximate surface area is 144 Å². The summed E-state index contributed by atoms with van der Waals surface area (Å²) in [5, 5.41) is 5.68. The standard InChI is InChI=1S/C19H17FN2OS/c1-13-6-8-14(9-7-13)19-22-15(12-24-19)10-11-21-18(23)16-4-2-3-5-17(16)20/h2-9,12H,10-11H2,1H3,(H,21,23). The fourth-order valence-electron chi connectivity index (χ4n) is 2.30. The van der Waals surface area contributed by atoms with Crippen molar-refractivity contribution >= 4 is 17.2 Å². The Bertz CT molecular complexity index is 843. The van der Waals surface area contributed by atoms with E-state index < -0.39 is 11.7 Å². The van der Waals surface area contributed by atoms with Crippen molar-refractivity contribution in [2.75, 3.05) is 6.54 Å². The molecule has 0 aliphatic heterocycles. The maximum Gasteiger partial charge on any atom is 0.254 e. The molecule has 24 heavy (non-hydrogen) atoms. The molecule has 1 N–H and O–H groups in total. The van der Waals surface area contributed by atoms with Gasteiger partial charge in [0.15, 0.2) is 0 Å². The highest BCUT2D eigenvalue weighted by Crippen LogP contribution is 2.24. The Balaban J connectivity index is 1.57. The van der Waals surface area contributed by atoms with E-state index in [1.165, 1.54) is 17.7 Å². The van der Waals surface area contributed by atoms with Gasteiger partial charge in [-0.1, -0.05) is 42.0 Å². The predicted molar refractivity (Wildman–Crippen MR) is 94.7 cm³/mol. The number of benzene rings is 2. The van der Waals surface area contributed by atoms with Gasteiger partial charge in [-0.15, -0.1) is 11.3 Å². The lowest BCUT2D eigenvalue weighted by molar-refractivity contribution is 0.0950. The molecule has 1 amide bonds. The van der Waals surface area contributed by atoms with Crippen LogP contribution < -0.4 is 5.32 Å². The number of halogens is 1. The number of aryl methyl sites for hydroxylation is 1. The van der Waals surface area contributed by atoms with E-state index in [2.05, 4.69) is 41.5 Å². The van der Waals surface area contributed by atoms with Crippen LogP contribution in [0.3, 0.4) is 0 Å². The van der Waals surface area contributed by atoms with Crippen molar-refractivity contribution in [3.63, 3.8) is 0 Å². The van der Waals surface area contributed by atoms with E-state index in [9.17, 15) is 9.18 Å². The molecule has 0 aliphatic carbocycles. The zero-order chi connectivity index (χ0) is 16.9. The van der Waals surface area contributed by atoms with E-state index in [1.807, 2.05) is 5.38 Å². The van der Waals surface area contributed by atoms with Crippen LogP contribution in [0.4, 0.5) is 4.39 Å². The van der Waals surface area contributed by atoms with E-state index in [4.69, 9.17) is 0 Å². The third-order valence-corrected chi connectivity index (χ3v) is 4.58. The predicted octanol–water partition coefficient (Wildman–Crippen LogP) is 4.23. The highest BCUT2D eigenvalue weighted by atomic mass is 32.1. The number of rotatable bonds is 5. The summed E-state index contributed by atoms with van der Waals surface area (Å²) < 4.78 is 13.5. The lowest BCUT2D eigenvalue weighted by Gasteiger charge is -2.04. The van der Waals surface area contributed by atoms with Crippen molar-refractivity contribution < 1.29 is 9.18 Å². The first-order valence-corrected chi connectivity index (χ1v) is 8.55. The molecule has 0 saturated heterocycles. The van der Waals surface area contributed by atoms with Crippen LogP contribution in [0.25, 0.3) is 10.6 Å². The van der Waals surface area contributed by atoms with Gasteiger partial charge in [0, 0.05) is 23.9 Å². The van der Waals surface area contributed by atoms with Gasteiger partial charge in [0.25, 0.3) is 5.91 Å². The van der Waals surface area contributed by atoms with Crippen LogP contribution in [0, 0.1) is 12.7 Å². The number of hydrogen-bond donors (Lipinski definition) is 1. The average Bonchev–Trinajstić information content (AvgIpc) is 3.04. The van der Waals surface area contributed by atoms with Crippen LogP contribution in [0.1, 0.15) is 21.6 Å². The molecule has 0 aliphatic rings. The molecule has 3 rings (SSSR count). The number of carbonyl (C=O) groups excluding carboxylic acids is 1. The topological polar surface area (TPSA) is 42.0 Å². The van der Waals surface area contributed by atoms with Crippen LogP contribution in [0.5, 0.6) is 0 Å². The van der Waals surface area contributed by atoms with E-state index in [0.717, 1.165) is 16.3 Å². The lowest BCUT2D eigenvalue weighted by atomic mass is 10.2. The molecule has 122 valence electrons. The minimum absolute atomic E-state index is 0.0659. The van der Waals surface area contributed by atoms with Crippen LogP contribution in [-0.2, 0) is 6.42 Å². The molecule has 5 heteroatoms. The number of aromatic nitrogens is 1. The summed E-state index contributed by atoms with van der Waals surface area (Å²) in [6.07, 6.45) is 0.614. The Kier molecular flexibility index (Phi) is 5.01. The summed E-state index contributed by atoms with van der Waals surface area (Å²) >= 11 is 1.58. The second kappa shape index (κ2) is 7.36. The van der Waals surface area contributed by atoms with Crippen molar-refractivity contribution in [3.8, 4) is 10.6 Å². The zero-order valence-corrected chi connectivity index (χ0v) is 14.1. The molecule has 3 aromatic rings. The van der Waals surface area contributed by atoms with Gasteiger partial charge in [-0.25, -0.2) is 9.37 Å². The summed E-state index contributed by atoms with van der Waals surface area (Å²) in [4.78, 5) is 16.5. The van der Waals surface area contributed by atoms with Gasteiger partial charge in [-0.3, -0.25) is 4.79 Å². The smallest absolute Gasteiger partial charge is 0.254 e. The Morgan fingerprint density at radius 2 is 1.92 bits per heavy atom.